The number of benzene rings is 22. The maximum Gasteiger partial charge on any atom is 0.164 e. The van der Waals surface area contributed by atoms with Crippen molar-refractivity contribution in [2.45, 2.75) is 0 Å². The summed E-state index contributed by atoms with van der Waals surface area (Å²) < 4.78 is 7.82. The third-order valence-corrected chi connectivity index (χ3v) is 29.9. The molecule has 28 rings (SSSR count). The molecule has 6 aromatic heterocycles. The van der Waals surface area contributed by atoms with Crippen LogP contribution in [0, 0.1) is 0 Å². The van der Waals surface area contributed by atoms with Gasteiger partial charge in [0.15, 0.2) is 52.4 Å². The predicted molar refractivity (Wildman–Crippen MR) is 586 cm³/mol. The summed E-state index contributed by atoms with van der Waals surface area (Å²) in [6.45, 7) is 0. The zero-order chi connectivity index (χ0) is 91.8. The fourth-order valence-electron chi connectivity index (χ4n) is 19.5. The summed E-state index contributed by atoms with van der Waals surface area (Å²) in [7, 11) is 0. The van der Waals surface area contributed by atoms with Crippen molar-refractivity contribution in [1.29, 1.82) is 0 Å². The smallest absolute Gasteiger partial charge is 0.164 e. The summed E-state index contributed by atoms with van der Waals surface area (Å²) >= 11 is 5.54. The van der Waals surface area contributed by atoms with Crippen molar-refractivity contribution in [1.82, 2.24) is 44.9 Å². The average Bonchev–Trinajstić information content (AvgIpc) is 1.57. The van der Waals surface area contributed by atoms with Gasteiger partial charge in [-0.2, -0.15) is 0 Å². The van der Waals surface area contributed by atoms with Crippen LogP contribution in [0.15, 0.2) is 467 Å². The molecule has 0 radical (unpaired) electrons. The highest BCUT2D eigenvalue weighted by atomic mass is 32.1. The minimum atomic E-state index is 0.649. The van der Waals surface area contributed by atoms with E-state index in [-0.39, 0.29) is 0 Å². The fraction of sp³-hybridized carbons (Fsp3) is 0. The van der Waals surface area contributed by atoms with Crippen molar-refractivity contribution in [2.24, 2.45) is 0 Å². The third kappa shape index (κ3) is 15.7. The van der Waals surface area contributed by atoms with Crippen LogP contribution in [0.3, 0.4) is 0 Å². The first-order chi connectivity index (χ1) is 68.8. The van der Waals surface area contributed by atoms with Crippen LogP contribution in [0.1, 0.15) is 0 Å². The van der Waals surface area contributed by atoms with Crippen molar-refractivity contribution >= 4 is 170 Å². The zero-order valence-electron chi connectivity index (χ0n) is 74.7. The van der Waals surface area contributed by atoms with Crippen molar-refractivity contribution in [3.05, 3.63) is 467 Å². The van der Waals surface area contributed by atoms with E-state index in [1.165, 1.54) is 120 Å². The van der Waals surface area contributed by atoms with Gasteiger partial charge in [0.05, 0.1) is 0 Å². The normalized spacial score (nSPS) is 11.6. The number of fused-ring (bicyclic) bond motifs is 16. The lowest BCUT2D eigenvalue weighted by Crippen LogP contribution is -2.00. The van der Waals surface area contributed by atoms with E-state index in [2.05, 4.69) is 419 Å². The van der Waals surface area contributed by atoms with Crippen LogP contribution >= 0.6 is 34.0 Å². The van der Waals surface area contributed by atoms with E-state index in [0.717, 1.165) is 98.9 Å². The van der Waals surface area contributed by atoms with E-state index in [1.807, 2.05) is 82.5 Å². The fourth-order valence-corrected chi connectivity index (χ4v) is 22.9. The Hall–Kier alpha value is -17.7. The van der Waals surface area contributed by atoms with Gasteiger partial charge in [-0.1, -0.05) is 370 Å². The highest BCUT2D eigenvalue weighted by Gasteiger charge is 2.23. The second kappa shape index (κ2) is 35.0. The maximum absolute atomic E-state index is 5.17. The molecule has 0 bridgehead atoms. The van der Waals surface area contributed by atoms with Crippen molar-refractivity contribution in [3.8, 4) is 136 Å². The standard InChI is InChI=1S/C45H27N3S.2C41H25N3S/c1-3-11-30-23-34(19-17-28(30)9-1)43-46-44(35-20-18-29-10-2-4-12-31(29)24-35)48-45(47-43)36-25-32-13-5-6-14-37(32)40(26-36)33-21-22-39-38-15-7-8-16-41(38)49-42(39)27-33;1-2-11-27(12-3-1)39-42-40(31-19-18-26-10-4-5-13-28(26)22-31)44-41(43-39)32-23-29-14-6-7-15-33(29)36(24-32)30-20-21-35-34-16-8-9-17-37(34)45-38(35)25-30;1-2-10-27(11-3-1)39-42-40(31-18-17-26-9-4-5-12-28(26)23-31)44-41(43-39)32-19-21-34-29(24-32)13-8-15-33(34)30-20-22-38-36(25-30)35-14-6-7-16-37(35)45-38/h1-27H;2*1-25H. The van der Waals surface area contributed by atoms with E-state index in [1.54, 1.807) is 0 Å². The first kappa shape index (κ1) is 82.1. The Morgan fingerprint density at radius 1 is 0.108 bits per heavy atom. The van der Waals surface area contributed by atoms with Gasteiger partial charge in [-0.3, -0.25) is 0 Å². The third-order valence-electron chi connectivity index (χ3n) is 26.4. The molecule has 22 aromatic carbocycles. The molecule has 0 saturated carbocycles. The lowest BCUT2D eigenvalue weighted by Gasteiger charge is -2.13. The second-order valence-electron chi connectivity index (χ2n) is 35.1. The Bertz CT molecular complexity index is 9680. The molecular weight excluding hydrogens is 1750 g/mol. The summed E-state index contributed by atoms with van der Waals surface area (Å²) in [6.07, 6.45) is 0. The lowest BCUT2D eigenvalue weighted by molar-refractivity contribution is 1.07. The average molecular weight is 1830 g/mol. The molecule has 0 amide bonds. The Morgan fingerprint density at radius 2 is 0.345 bits per heavy atom. The van der Waals surface area contributed by atoms with Gasteiger partial charge in [0.2, 0.25) is 0 Å². The van der Waals surface area contributed by atoms with Crippen molar-refractivity contribution < 1.29 is 0 Å². The number of thiophene rings is 3. The number of nitrogens with zero attached hydrogens (tertiary/aromatic N) is 9. The van der Waals surface area contributed by atoms with Gasteiger partial charge < -0.3 is 0 Å². The van der Waals surface area contributed by atoms with Crippen LogP contribution in [0.25, 0.3) is 272 Å². The van der Waals surface area contributed by atoms with Crippen molar-refractivity contribution in [3.63, 3.8) is 0 Å². The van der Waals surface area contributed by atoms with E-state index in [4.69, 9.17) is 44.9 Å². The zero-order valence-corrected chi connectivity index (χ0v) is 77.2. The Kier molecular flexibility index (Phi) is 20.7. The monoisotopic (exact) mass is 1820 g/mol. The maximum atomic E-state index is 5.17. The summed E-state index contributed by atoms with van der Waals surface area (Å²) in [5.74, 6) is 5.91. The summed E-state index contributed by atoms with van der Waals surface area (Å²) in [5, 5.41) is 24.2. The Morgan fingerprint density at radius 3 is 0.734 bits per heavy atom. The van der Waals surface area contributed by atoms with Crippen LogP contribution in [0.4, 0.5) is 0 Å². The molecule has 0 unspecified atom stereocenters. The molecular formula is C127H77N9S3. The van der Waals surface area contributed by atoms with Crippen LogP contribution in [-0.2, 0) is 0 Å². The number of hydrogen-bond donors (Lipinski definition) is 0. The van der Waals surface area contributed by atoms with E-state index in [0.29, 0.717) is 52.4 Å². The van der Waals surface area contributed by atoms with Gasteiger partial charge in [0, 0.05) is 111 Å². The Labute approximate surface area is 811 Å². The first-order valence-electron chi connectivity index (χ1n) is 46.5. The van der Waals surface area contributed by atoms with Crippen LogP contribution in [-0.4, -0.2) is 44.9 Å². The molecule has 28 aromatic rings. The molecule has 9 nitrogen and oxygen atoms in total. The minimum absolute atomic E-state index is 0.649. The summed E-state index contributed by atoms with van der Waals surface area (Å²) in [4.78, 5) is 45.5. The molecule has 0 atom stereocenters. The number of aromatic nitrogens is 9. The van der Waals surface area contributed by atoms with Gasteiger partial charge in [-0.05, 0) is 206 Å². The summed E-state index contributed by atoms with van der Waals surface area (Å²) in [5.41, 5.74) is 15.8. The van der Waals surface area contributed by atoms with Gasteiger partial charge in [0.1, 0.15) is 0 Å². The van der Waals surface area contributed by atoms with Crippen LogP contribution < -0.4 is 0 Å². The van der Waals surface area contributed by atoms with Gasteiger partial charge in [0.25, 0.3) is 0 Å². The van der Waals surface area contributed by atoms with Crippen molar-refractivity contribution in [2.75, 3.05) is 0 Å². The largest absolute Gasteiger partial charge is 0.208 e. The van der Waals surface area contributed by atoms with Gasteiger partial charge in [-0.15, -0.1) is 34.0 Å². The SMILES string of the molecule is c1ccc(-c2nc(-c3ccc4ccccc4c3)nc(-c3cc(-c4ccc5c(c4)sc4ccccc45)c4ccccc4c3)n2)cc1.c1ccc(-c2nc(-c3ccc4ccccc4c3)nc(-c3ccc4c(-c5ccc6sc7ccccc7c6c5)cccc4c3)n2)cc1.c1ccc2cc(-c3nc(-c4ccc5ccccc5c4)nc(-c4cc(-c5ccc6c(c5)sc5ccccc56)c5ccccc5c4)n3)ccc2c1. The molecule has 0 aliphatic carbocycles. The molecule has 0 fully saturated rings. The molecule has 648 valence electrons. The quantitative estimate of drug-likeness (QED) is 0.118. The molecule has 12 heteroatoms. The molecule has 0 saturated heterocycles. The van der Waals surface area contributed by atoms with Gasteiger partial charge in [-0.25, -0.2) is 44.9 Å². The Balaban J connectivity index is 0.000000108. The van der Waals surface area contributed by atoms with Gasteiger partial charge >= 0.3 is 0 Å². The summed E-state index contributed by atoms with van der Waals surface area (Å²) in [6, 6.07) is 165. The highest BCUT2D eigenvalue weighted by molar-refractivity contribution is 7.26. The molecule has 0 aliphatic rings. The molecule has 0 spiro atoms. The number of rotatable bonds is 12. The molecule has 139 heavy (non-hydrogen) atoms. The topological polar surface area (TPSA) is 116 Å². The van der Waals surface area contributed by atoms with E-state index in [9.17, 15) is 0 Å². The molecule has 6 heterocycles. The first-order valence-corrected chi connectivity index (χ1v) is 48.9. The van der Waals surface area contributed by atoms with E-state index >= 15 is 0 Å². The molecule has 0 N–H and O–H groups in total. The molecule has 0 aliphatic heterocycles. The van der Waals surface area contributed by atoms with E-state index < -0.39 is 0 Å². The minimum Gasteiger partial charge on any atom is -0.208 e. The number of hydrogen-bond acceptors (Lipinski definition) is 12. The van der Waals surface area contributed by atoms with Crippen LogP contribution in [0.2, 0.25) is 0 Å². The highest BCUT2D eigenvalue weighted by Crippen LogP contribution is 2.46. The lowest BCUT2D eigenvalue weighted by atomic mass is 9.94. The van der Waals surface area contributed by atoms with Crippen LogP contribution in [0.5, 0.6) is 0 Å². The second-order valence-corrected chi connectivity index (χ2v) is 38.3. The predicted octanol–water partition coefficient (Wildman–Crippen LogP) is 34.8.